The molecule has 35 heavy (non-hydrogen) atoms. The molecule has 4 aromatic rings. The first-order chi connectivity index (χ1) is 16.8. The van der Waals surface area contributed by atoms with Crippen molar-refractivity contribution in [3.05, 3.63) is 93.4 Å². The highest BCUT2D eigenvalue weighted by atomic mass is 32.1. The molecule has 0 N–H and O–H groups in total. The summed E-state index contributed by atoms with van der Waals surface area (Å²) in [6.07, 6.45) is 0. The van der Waals surface area contributed by atoms with Gasteiger partial charge >= 0.3 is 0 Å². The standard InChI is InChI=1S/C26H23N3O5S/c1-17-11-18(2)13-23(12-17)34-15-25(30)28(21-5-4-6-22(14-21)33-3)26-27-24(16-35-26)19-7-9-20(10-8-19)29(31)32/h4-14,16H,15H2,1-3H3. The van der Waals surface area contributed by atoms with Crippen molar-refractivity contribution in [3.63, 3.8) is 0 Å². The number of amides is 1. The molecule has 1 aromatic heterocycles. The summed E-state index contributed by atoms with van der Waals surface area (Å²) in [5, 5.41) is 13.2. The zero-order chi connectivity index (χ0) is 24.9. The van der Waals surface area contributed by atoms with Crippen molar-refractivity contribution in [1.82, 2.24) is 4.98 Å². The predicted molar refractivity (Wildman–Crippen MR) is 136 cm³/mol. The molecule has 0 saturated carbocycles. The lowest BCUT2D eigenvalue weighted by Crippen LogP contribution is -2.31. The number of methoxy groups -OCH3 is 1. The minimum Gasteiger partial charge on any atom is -0.497 e. The van der Waals surface area contributed by atoms with Crippen LogP contribution in [-0.2, 0) is 4.79 Å². The van der Waals surface area contributed by atoms with Crippen LogP contribution in [-0.4, -0.2) is 29.5 Å². The summed E-state index contributed by atoms with van der Waals surface area (Å²) in [5.41, 5.74) is 4.00. The van der Waals surface area contributed by atoms with Gasteiger partial charge in [-0.15, -0.1) is 11.3 Å². The Kier molecular flexibility index (Phi) is 7.07. The molecule has 178 valence electrons. The number of nitro benzene ring substituents is 1. The fraction of sp³-hybridized carbons (Fsp3) is 0.154. The van der Waals surface area contributed by atoms with Crippen molar-refractivity contribution in [1.29, 1.82) is 0 Å². The number of nitro groups is 1. The number of anilines is 2. The molecule has 1 amide bonds. The molecule has 0 spiro atoms. The first-order valence-corrected chi connectivity index (χ1v) is 11.6. The Morgan fingerprint density at radius 2 is 1.74 bits per heavy atom. The number of nitrogens with zero attached hydrogens (tertiary/aromatic N) is 3. The third-order valence-electron chi connectivity index (χ3n) is 5.18. The van der Waals surface area contributed by atoms with Gasteiger partial charge in [-0.05, 0) is 61.4 Å². The highest BCUT2D eigenvalue weighted by Gasteiger charge is 2.23. The molecule has 0 unspecified atom stereocenters. The summed E-state index contributed by atoms with van der Waals surface area (Å²) in [6.45, 7) is 3.76. The van der Waals surface area contributed by atoms with Gasteiger partial charge < -0.3 is 9.47 Å². The van der Waals surface area contributed by atoms with E-state index in [1.165, 1.54) is 28.4 Å². The van der Waals surface area contributed by atoms with Gasteiger partial charge in [0.25, 0.3) is 11.6 Å². The largest absolute Gasteiger partial charge is 0.497 e. The fourth-order valence-corrected chi connectivity index (χ4v) is 4.46. The molecule has 0 aliphatic carbocycles. The normalized spacial score (nSPS) is 10.6. The van der Waals surface area contributed by atoms with Gasteiger partial charge in [-0.3, -0.25) is 19.8 Å². The minimum atomic E-state index is -0.449. The molecule has 0 fully saturated rings. The van der Waals surface area contributed by atoms with Gasteiger partial charge in [-0.1, -0.05) is 12.1 Å². The maximum absolute atomic E-state index is 13.4. The van der Waals surface area contributed by atoms with Crippen molar-refractivity contribution >= 4 is 33.8 Å². The molecule has 4 rings (SSSR count). The lowest BCUT2D eigenvalue weighted by atomic mass is 10.1. The van der Waals surface area contributed by atoms with E-state index >= 15 is 0 Å². The Hall–Kier alpha value is -4.24. The van der Waals surface area contributed by atoms with Crippen LogP contribution in [0.15, 0.2) is 72.1 Å². The molecular formula is C26H23N3O5S. The summed E-state index contributed by atoms with van der Waals surface area (Å²) in [6, 6.07) is 19.1. The van der Waals surface area contributed by atoms with Crippen LogP contribution in [0.4, 0.5) is 16.5 Å². The van der Waals surface area contributed by atoms with Crippen molar-refractivity contribution < 1.29 is 19.2 Å². The summed E-state index contributed by atoms with van der Waals surface area (Å²) in [4.78, 5) is 30.0. The van der Waals surface area contributed by atoms with E-state index in [0.717, 1.165) is 11.1 Å². The van der Waals surface area contributed by atoms with E-state index in [2.05, 4.69) is 4.98 Å². The molecular weight excluding hydrogens is 466 g/mol. The molecule has 0 atom stereocenters. The van der Waals surface area contributed by atoms with Crippen LogP contribution in [0.2, 0.25) is 0 Å². The third kappa shape index (κ3) is 5.64. The number of ether oxygens (including phenoxy) is 2. The first kappa shape index (κ1) is 23.9. The maximum Gasteiger partial charge on any atom is 0.271 e. The van der Waals surface area contributed by atoms with Gasteiger partial charge in [0, 0.05) is 29.1 Å². The van der Waals surface area contributed by atoms with E-state index in [1.807, 2.05) is 37.4 Å². The molecule has 1 heterocycles. The molecule has 9 heteroatoms. The van der Waals surface area contributed by atoms with Crippen molar-refractivity contribution in [2.24, 2.45) is 0 Å². The van der Waals surface area contributed by atoms with E-state index in [-0.39, 0.29) is 18.2 Å². The van der Waals surface area contributed by atoms with E-state index in [4.69, 9.17) is 9.47 Å². The van der Waals surface area contributed by atoms with Gasteiger partial charge in [0.05, 0.1) is 23.4 Å². The number of aromatic nitrogens is 1. The number of benzene rings is 3. The number of aryl methyl sites for hydroxylation is 2. The third-order valence-corrected chi connectivity index (χ3v) is 6.00. The second-order valence-corrected chi connectivity index (χ2v) is 8.70. The van der Waals surface area contributed by atoms with Gasteiger partial charge in [0.1, 0.15) is 11.5 Å². The Labute approximate surface area is 206 Å². The zero-order valence-electron chi connectivity index (χ0n) is 19.4. The molecule has 0 aliphatic rings. The molecule has 0 saturated heterocycles. The average Bonchev–Trinajstić information content (AvgIpc) is 3.32. The van der Waals surface area contributed by atoms with Crippen LogP contribution in [0.25, 0.3) is 11.3 Å². The SMILES string of the molecule is COc1cccc(N(C(=O)COc2cc(C)cc(C)c2)c2nc(-c3ccc([N+](=O)[O-])cc3)cs2)c1. The summed E-state index contributed by atoms with van der Waals surface area (Å²) in [5.74, 6) is 0.914. The minimum absolute atomic E-state index is 0.000854. The zero-order valence-corrected chi connectivity index (χ0v) is 20.2. The lowest BCUT2D eigenvalue weighted by molar-refractivity contribution is -0.384. The van der Waals surface area contributed by atoms with Gasteiger partial charge in [0.15, 0.2) is 11.7 Å². The first-order valence-electron chi connectivity index (χ1n) is 10.7. The molecule has 0 radical (unpaired) electrons. The molecule has 0 aliphatic heterocycles. The second-order valence-electron chi connectivity index (χ2n) is 7.86. The summed E-state index contributed by atoms with van der Waals surface area (Å²) < 4.78 is 11.2. The number of thiazole rings is 1. The smallest absolute Gasteiger partial charge is 0.271 e. The average molecular weight is 490 g/mol. The quantitative estimate of drug-likeness (QED) is 0.220. The Bertz CT molecular complexity index is 1350. The monoisotopic (exact) mass is 489 g/mol. The van der Waals surface area contributed by atoms with Crippen LogP contribution in [0, 0.1) is 24.0 Å². The van der Waals surface area contributed by atoms with Crippen LogP contribution < -0.4 is 14.4 Å². The maximum atomic E-state index is 13.4. The van der Waals surface area contributed by atoms with E-state index in [0.29, 0.717) is 33.6 Å². The Balaban J connectivity index is 1.64. The highest BCUT2D eigenvalue weighted by molar-refractivity contribution is 7.14. The highest BCUT2D eigenvalue weighted by Crippen LogP contribution is 2.34. The van der Waals surface area contributed by atoms with Crippen molar-refractivity contribution in [2.45, 2.75) is 13.8 Å². The fourth-order valence-electron chi connectivity index (χ4n) is 3.59. The van der Waals surface area contributed by atoms with Crippen LogP contribution in [0.3, 0.4) is 0 Å². The summed E-state index contributed by atoms with van der Waals surface area (Å²) >= 11 is 1.29. The van der Waals surface area contributed by atoms with E-state index in [9.17, 15) is 14.9 Å². The van der Waals surface area contributed by atoms with E-state index < -0.39 is 4.92 Å². The van der Waals surface area contributed by atoms with Gasteiger partial charge in [-0.25, -0.2) is 4.98 Å². The van der Waals surface area contributed by atoms with Gasteiger partial charge in [-0.2, -0.15) is 0 Å². The number of hydrogen-bond acceptors (Lipinski definition) is 7. The van der Waals surface area contributed by atoms with Crippen LogP contribution in [0.5, 0.6) is 11.5 Å². The van der Waals surface area contributed by atoms with Crippen molar-refractivity contribution in [2.75, 3.05) is 18.6 Å². The lowest BCUT2D eigenvalue weighted by Gasteiger charge is -2.21. The topological polar surface area (TPSA) is 94.8 Å². The van der Waals surface area contributed by atoms with E-state index in [1.54, 1.807) is 43.5 Å². The Morgan fingerprint density at radius 3 is 2.40 bits per heavy atom. The molecule has 3 aromatic carbocycles. The van der Waals surface area contributed by atoms with Crippen LogP contribution >= 0.6 is 11.3 Å². The predicted octanol–water partition coefficient (Wildman–Crippen LogP) is 6.09. The number of rotatable bonds is 8. The number of non-ortho nitro benzene ring substituents is 1. The van der Waals surface area contributed by atoms with Gasteiger partial charge in [0.2, 0.25) is 0 Å². The Morgan fingerprint density at radius 1 is 1.03 bits per heavy atom. The number of carbonyl (C=O) groups excluding carboxylic acids is 1. The number of hydrogen-bond donors (Lipinski definition) is 0. The number of carbonyl (C=O) groups is 1. The van der Waals surface area contributed by atoms with Crippen molar-refractivity contribution in [3.8, 4) is 22.8 Å². The van der Waals surface area contributed by atoms with Crippen LogP contribution in [0.1, 0.15) is 11.1 Å². The summed E-state index contributed by atoms with van der Waals surface area (Å²) in [7, 11) is 1.56. The molecule has 0 bridgehead atoms. The second kappa shape index (κ2) is 10.4. The molecule has 8 nitrogen and oxygen atoms in total.